The lowest BCUT2D eigenvalue weighted by molar-refractivity contribution is 1.64. The Balaban J connectivity index is 1.73. The average molecular weight is 384 g/mol. The van der Waals surface area contributed by atoms with Gasteiger partial charge in [-0.1, -0.05) is 72.8 Å². The number of nitrogen functional groups attached to an aromatic ring is 2. The van der Waals surface area contributed by atoms with Crippen LogP contribution in [0.4, 0.5) is 11.4 Å². The molecule has 4 N–H and O–H groups in total. The van der Waals surface area contributed by atoms with Gasteiger partial charge in [0.05, 0.1) is 0 Å². The molecule has 0 bridgehead atoms. The fourth-order valence-corrected chi connectivity index (χ4v) is 4.72. The van der Waals surface area contributed by atoms with Gasteiger partial charge in [-0.3, -0.25) is 0 Å². The SMILES string of the molecule is Nc1cccc(-c2ccc3ccc4c(-c5cccc(N)c5)ccc5ccc2c3c54)c1. The molecule has 6 aromatic rings. The molecular weight excluding hydrogens is 364 g/mol. The van der Waals surface area contributed by atoms with Crippen LogP contribution < -0.4 is 11.5 Å². The van der Waals surface area contributed by atoms with Crippen LogP contribution in [0.15, 0.2) is 97.1 Å². The van der Waals surface area contributed by atoms with Crippen LogP contribution in [0.25, 0.3) is 54.6 Å². The minimum absolute atomic E-state index is 0.780. The molecule has 0 aromatic heterocycles. The topological polar surface area (TPSA) is 52.0 Å². The van der Waals surface area contributed by atoms with E-state index in [1.807, 2.05) is 36.4 Å². The van der Waals surface area contributed by atoms with E-state index in [0.717, 1.165) is 22.5 Å². The Labute approximate surface area is 174 Å². The fourth-order valence-electron chi connectivity index (χ4n) is 4.72. The largest absolute Gasteiger partial charge is 0.399 e. The third-order valence-electron chi connectivity index (χ3n) is 6.06. The number of rotatable bonds is 2. The van der Waals surface area contributed by atoms with Crippen molar-refractivity contribution >= 4 is 43.7 Å². The smallest absolute Gasteiger partial charge is 0.0320 e. The molecule has 0 saturated heterocycles. The van der Waals surface area contributed by atoms with Crippen molar-refractivity contribution in [2.45, 2.75) is 0 Å². The Hall–Kier alpha value is -4.04. The Bertz CT molecular complexity index is 1440. The van der Waals surface area contributed by atoms with Crippen LogP contribution in [0, 0.1) is 0 Å². The molecule has 0 atom stereocenters. The van der Waals surface area contributed by atoms with Gasteiger partial charge in [0.2, 0.25) is 0 Å². The van der Waals surface area contributed by atoms with Gasteiger partial charge in [-0.05, 0) is 78.8 Å². The van der Waals surface area contributed by atoms with Crippen molar-refractivity contribution in [3.05, 3.63) is 97.1 Å². The predicted molar refractivity (Wildman–Crippen MR) is 130 cm³/mol. The number of hydrogen-bond acceptors (Lipinski definition) is 2. The van der Waals surface area contributed by atoms with E-state index in [1.165, 1.54) is 43.4 Å². The third-order valence-corrected chi connectivity index (χ3v) is 6.06. The second-order valence-corrected chi connectivity index (χ2v) is 7.90. The van der Waals surface area contributed by atoms with E-state index < -0.39 is 0 Å². The molecule has 142 valence electrons. The minimum atomic E-state index is 0.780. The zero-order valence-electron chi connectivity index (χ0n) is 16.4. The van der Waals surface area contributed by atoms with Crippen molar-refractivity contribution in [2.75, 3.05) is 11.5 Å². The Morgan fingerprint density at radius 3 is 1.30 bits per heavy atom. The minimum Gasteiger partial charge on any atom is -0.399 e. The number of hydrogen-bond donors (Lipinski definition) is 2. The maximum absolute atomic E-state index is 6.07. The highest BCUT2D eigenvalue weighted by molar-refractivity contribution is 6.27. The first-order valence-electron chi connectivity index (χ1n) is 10.1. The standard InChI is InChI=1S/C28H20N2/c29-21-5-1-3-19(15-21)23-11-7-17-10-14-26-24(20-4-2-6-22(30)16-20)12-8-18-9-13-25(23)27(17)28(18)26/h1-16H,29-30H2. The summed E-state index contributed by atoms with van der Waals surface area (Å²) in [6.07, 6.45) is 0. The van der Waals surface area contributed by atoms with Crippen LogP contribution in [-0.2, 0) is 0 Å². The van der Waals surface area contributed by atoms with Gasteiger partial charge in [-0.25, -0.2) is 0 Å². The van der Waals surface area contributed by atoms with Crippen molar-refractivity contribution in [1.29, 1.82) is 0 Å². The normalized spacial score (nSPS) is 11.6. The van der Waals surface area contributed by atoms with Crippen LogP contribution in [0.3, 0.4) is 0 Å². The van der Waals surface area contributed by atoms with Crippen molar-refractivity contribution in [3.8, 4) is 22.3 Å². The lowest BCUT2D eigenvalue weighted by Gasteiger charge is -2.16. The van der Waals surface area contributed by atoms with E-state index in [1.54, 1.807) is 0 Å². The van der Waals surface area contributed by atoms with Crippen molar-refractivity contribution in [1.82, 2.24) is 0 Å². The van der Waals surface area contributed by atoms with Crippen molar-refractivity contribution < 1.29 is 0 Å². The third kappa shape index (κ3) is 2.44. The monoisotopic (exact) mass is 384 g/mol. The van der Waals surface area contributed by atoms with Gasteiger partial charge in [-0.15, -0.1) is 0 Å². The fraction of sp³-hybridized carbons (Fsp3) is 0. The Morgan fingerprint density at radius 1 is 0.433 bits per heavy atom. The molecule has 6 aromatic carbocycles. The molecule has 0 fully saturated rings. The second kappa shape index (κ2) is 6.23. The van der Waals surface area contributed by atoms with Crippen molar-refractivity contribution in [3.63, 3.8) is 0 Å². The van der Waals surface area contributed by atoms with E-state index in [2.05, 4.69) is 60.7 Å². The van der Waals surface area contributed by atoms with Gasteiger partial charge in [0.1, 0.15) is 0 Å². The summed E-state index contributed by atoms with van der Waals surface area (Å²) in [5.41, 5.74) is 18.4. The summed E-state index contributed by atoms with van der Waals surface area (Å²) >= 11 is 0. The molecule has 0 spiro atoms. The van der Waals surface area contributed by atoms with Crippen LogP contribution >= 0.6 is 0 Å². The maximum Gasteiger partial charge on any atom is 0.0320 e. The molecule has 0 saturated carbocycles. The lowest BCUT2D eigenvalue weighted by Crippen LogP contribution is -1.91. The van der Waals surface area contributed by atoms with E-state index in [-0.39, 0.29) is 0 Å². The van der Waals surface area contributed by atoms with Gasteiger partial charge in [0.15, 0.2) is 0 Å². The zero-order valence-corrected chi connectivity index (χ0v) is 16.4. The average Bonchev–Trinajstić information content (AvgIpc) is 2.77. The summed E-state index contributed by atoms with van der Waals surface area (Å²) in [5.74, 6) is 0. The van der Waals surface area contributed by atoms with E-state index in [9.17, 15) is 0 Å². The zero-order chi connectivity index (χ0) is 20.2. The molecule has 2 nitrogen and oxygen atoms in total. The highest BCUT2D eigenvalue weighted by Crippen LogP contribution is 2.42. The molecule has 0 aliphatic carbocycles. The van der Waals surface area contributed by atoms with Gasteiger partial charge in [-0.2, -0.15) is 0 Å². The molecule has 30 heavy (non-hydrogen) atoms. The first kappa shape index (κ1) is 16.9. The van der Waals surface area contributed by atoms with Gasteiger partial charge < -0.3 is 11.5 Å². The first-order chi connectivity index (χ1) is 14.7. The summed E-state index contributed by atoms with van der Waals surface area (Å²) in [6, 6.07) is 34.0. The van der Waals surface area contributed by atoms with Gasteiger partial charge in [0, 0.05) is 11.4 Å². The molecule has 6 rings (SSSR count). The van der Waals surface area contributed by atoms with Crippen LogP contribution in [0.5, 0.6) is 0 Å². The highest BCUT2D eigenvalue weighted by atomic mass is 14.5. The van der Waals surface area contributed by atoms with E-state index >= 15 is 0 Å². The lowest BCUT2D eigenvalue weighted by atomic mass is 9.87. The van der Waals surface area contributed by atoms with Crippen LogP contribution in [0.2, 0.25) is 0 Å². The molecule has 0 aliphatic rings. The Morgan fingerprint density at radius 2 is 0.867 bits per heavy atom. The summed E-state index contributed by atoms with van der Waals surface area (Å²) < 4.78 is 0. The number of benzene rings is 6. The first-order valence-corrected chi connectivity index (χ1v) is 10.1. The molecule has 2 heteroatoms. The van der Waals surface area contributed by atoms with Crippen molar-refractivity contribution in [2.24, 2.45) is 0 Å². The van der Waals surface area contributed by atoms with E-state index in [4.69, 9.17) is 11.5 Å². The summed E-state index contributed by atoms with van der Waals surface area (Å²) in [6.45, 7) is 0. The Kier molecular flexibility index (Phi) is 3.50. The van der Waals surface area contributed by atoms with Crippen LogP contribution in [0.1, 0.15) is 0 Å². The number of nitrogens with two attached hydrogens (primary N) is 2. The molecule has 0 unspecified atom stereocenters. The van der Waals surface area contributed by atoms with E-state index in [0.29, 0.717) is 0 Å². The van der Waals surface area contributed by atoms with Gasteiger partial charge >= 0.3 is 0 Å². The summed E-state index contributed by atoms with van der Waals surface area (Å²) in [4.78, 5) is 0. The summed E-state index contributed by atoms with van der Waals surface area (Å²) in [5, 5.41) is 7.61. The number of anilines is 2. The molecule has 0 radical (unpaired) electrons. The molecule has 0 aliphatic heterocycles. The quantitative estimate of drug-likeness (QED) is 0.247. The molecule has 0 amide bonds. The highest BCUT2D eigenvalue weighted by Gasteiger charge is 2.14. The van der Waals surface area contributed by atoms with Gasteiger partial charge in [0.25, 0.3) is 0 Å². The second-order valence-electron chi connectivity index (χ2n) is 7.90. The molecule has 0 heterocycles. The predicted octanol–water partition coefficient (Wildman–Crippen LogP) is 7.08. The maximum atomic E-state index is 6.07. The summed E-state index contributed by atoms with van der Waals surface area (Å²) in [7, 11) is 0. The molecular formula is C28H20N2. The van der Waals surface area contributed by atoms with Crippen LogP contribution in [-0.4, -0.2) is 0 Å².